The SMILES string of the molecule is O=C1OC(c2ccc(O)cc2)C2C(=O)OC(c3ccc(O)cc3)C12. The number of aromatic hydroxyl groups is 2. The van der Waals surface area contributed by atoms with E-state index in [0.29, 0.717) is 11.1 Å². The van der Waals surface area contributed by atoms with Crippen molar-refractivity contribution in [2.45, 2.75) is 12.2 Å². The molecule has 6 nitrogen and oxygen atoms in total. The summed E-state index contributed by atoms with van der Waals surface area (Å²) in [6.07, 6.45) is -1.45. The van der Waals surface area contributed by atoms with Crippen LogP contribution in [0.2, 0.25) is 0 Å². The summed E-state index contributed by atoms with van der Waals surface area (Å²) in [5.74, 6) is -2.23. The van der Waals surface area contributed by atoms with Gasteiger partial charge in [0.2, 0.25) is 0 Å². The average molecular weight is 326 g/mol. The fourth-order valence-corrected chi connectivity index (χ4v) is 3.35. The summed E-state index contributed by atoms with van der Waals surface area (Å²) in [5.41, 5.74) is 1.27. The topological polar surface area (TPSA) is 93.1 Å². The van der Waals surface area contributed by atoms with E-state index in [9.17, 15) is 19.8 Å². The second-order valence-corrected chi connectivity index (χ2v) is 5.95. The molecule has 2 aliphatic rings. The number of cyclic esters (lactones) is 2. The van der Waals surface area contributed by atoms with Crippen LogP contribution in [0.15, 0.2) is 48.5 Å². The van der Waals surface area contributed by atoms with Gasteiger partial charge in [0.05, 0.1) is 0 Å². The number of phenolic OH excluding ortho intramolecular Hbond substituents is 2. The van der Waals surface area contributed by atoms with E-state index in [4.69, 9.17) is 9.47 Å². The van der Waals surface area contributed by atoms with Gasteiger partial charge in [0.25, 0.3) is 0 Å². The molecule has 0 bridgehead atoms. The molecule has 24 heavy (non-hydrogen) atoms. The minimum atomic E-state index is -0.724. The number of ether oxygens (including phenoxy) is 2. The third-order valence-electron chi connectivity index (χ3n) is 4.51. The molecule has 6 heteroatoms. The number of esters is 2. The molecule has 0 amide bonds. The van der Waals surface area contributed by atoms with Crippen LogP contribution >= 0.6 is 0 Å². The predicted molar refractivity (Wildman–Crippen MR) is 80.9 cm³/mol. The largest absolute Gasteiger partial charge is 0.508 e. The zero-order chi connectivity index (χ0) is 16.8. The Morgan fingerprint density at radius 3 is 1.29 bits per heavy atom. The number of carbonyl (C=O) groups is 2. The van der Waals surface area contributed by atoms with Gasteiger partial charge in [-0.1, -0.05) is 24.3 Å². The number of fused-ring (bicyclic) bond motifs is 1. The van der Waals surface area contributed by atoms with Crippen molar-refractivity contribution in [3.8, 4) is 11.5 Å². The Balaban J connectivity index is 1.68. The summed E-state index contributed by atoms with van der Waals surface area (Å²) in [4.78, 5) is 24.7. The van der Waals surface area contributed by atoms with E-state index in [1.165, 1.54) is 24.3 Å². The maximum atomic E-state index is 12.3. The minimum Gasteiger partial charge on any atom is -0.508 e. The lowest BCUT2D eigenvalue weighted by Gasteiger charge is -2.15. The Morgan fingerprint density at radius 2 is 0.958 bits per heavy atom. The van der Waals surface area contributed by atoms with Crippen LogP contribution in [0.3, 0.4) is 0 Å². The Hall–Kier alpha value is -3.02. The van der Waals surface area contributed by atoms with Crippen LogP contribution in [0.5, 0.6) is 11.5 Å². The van der Waals surface area contributed by atoms with Gasteiger partial charge in [0.15, 0.2) is 0 Å². The zero-order valence-corrected chi connectivity index (χ0v) is 12.5. The van der Waals surface area contributed by atoms with Gasteiger partial charge in [-0.2, -0.15) is 0 Å². The summed E-state index contributed by atoms with van der Waals surface area (Å²) in [6.45, 7) is 0. The fourth-order valence-electron chi connectivity index (χ4n) is 3.35. The van der Waals surface area contributed by atoms with Gasteiger partial charge in [-0.05, 0) is 35.4 Å². The quantitative estimate of drug-likeness (QED) is 0.822. The van der Waals surface area contributed by atoms with Gasteiger partial charge < -0.3 is 19.7 Å². The molecule has 4 rings (SSSR count). The highest BCUT2D eigenvalue weighted by atomic mass is 16.6. The van der Waals surface area contributed by atoms with Crippen LogP contribution in [-0.4, -0.2) is 22.2 Å². The highest BCUT2D eigenvalue weighted by Gasteiger charge is 2.59. The van der Waals surface area contributed by atoms with Crippen molar-refractivity contribution in [2.24, 2.45) is 11.8 Å². The smallest absolute Gasteiger partial charge is 0.314 e. The van der Waals surface area contributed by atoms with Crippen LogP contribution in [0.1, 0.15) is 23.3 Å². The third-order valence-corrected chi connectivity index (χ3v) is 4.51. The van der Waals surface area contributed by atoms with Crippen LogP contribution in [0, 0.1) is 11.8 Å². The monoisotopic (exact) mass is 326 g/mol. The summed E-state index contributed by atoms with van der Waals surface area (Å²) < 4.78 is 10.9. The molecule has 2 aromatic rings. The molecule has 0 aromatic heterocycles. The standard InChI is InChI=1S/C18H14O6/c19-11-5-1-9(2-6-11)15-13-14(18(22)23-15)16(24-17(13)21)10-3-7-12(20)8-4-10/h1-8,13-16,19-20H. The van der Waals surface area contributed by atoms with Gasteiger partial charge in [0, 0.05) is 0 Å². The van der Waals surface area contributed by atoms with Gasteiger partial charge in [-0.25, -0.2) is 0 Å². The first-order valence-corrected chi connectivity index (χ1v) is 7.53. The Morgan fingerprint density at radius 1 is 0.625 bits per heavy atom. The number of carbonyl (C=O) groups excluding carboxylic acids is 2. The van der Waals surface area contributed by atoms with E-state index in [2.05, 4.69) is 0 Å². The lowest BCUT2D eigenvalue weighted by molar-refractivity contribution is -0.154. The van der Waals surface area contributed by atoms with E-state index in [1.54, 1.807) is 24.3 Å². The minimum absolute atomic E-state index is 0.0931. The van der Waals surface area contributed by atoms with E-state index >= 15 is 0 Å². The van der Waals surface area contributed by atoms with Crippen LogP contribution in [0.25, 0.3) is 0 Å². The normalized spacial score (nSPS) is 28.3. The lowest BCUT2D eigenvalue weighted by atomic mass is 9.84. The average Bonchev–Trinajstić information content (AvgIpc) is 3.08. The van der Waals surface area contributed by atoms with Crippen molar-refractivity contribution >= 4 is 11.9 Å². The van der Waals surface area contributed by atoms with Crippen LogP contribution < -0.4 is 0 Å². The summed E-state index contributed by atoms with van der Waals surface area (Å²) in [6, 6.07) is 12.4. The van der Waals surface area contributed by atoms with E-state index in [-0.39, 0.29) is 11.5 Å². The molecule has 2 heterocycles. The molecular formula is C18H14O6. The maximum absolute atomic E-state index is 12.3. The van der Waals surface area contributed by atoms with Crippen LogP contribution in [-0.2, 0) is 19.1 Å². The Bertz CT molecular complexity index is 726. The number of hydrogen-bond donors (Lipinski definition) is 2. The first kappa shape index (κ1) is 14.6. The number of rotatable bonds is 2. The Kier molecular flexibility index (Phi) is 3.19. The highest BCUT2D eigenvalue weighted by Crippen LogP contribution is 2.51. The van der Waals surface area contributed by atoms with E-state index < -0.39 is 36.0 Å². The van der Waals surface area contributed by atoms with Crippen LogP contribution in [0.4, 0.5) is 0 Å². The molecule has 0 aliphatic carbocycles. The lowest BCUT2D eigenvalue weighted by Crippen LogP contribution is -2.19. The molecule has 2 fully saturated rings. The molecule has 0 spiro atoms. The second-order valence-electron chi connectivity index (χ2n) is 5.95. The van der Waals surface area contributed by atoms with Gasteiger partial charge in [-0.3, -0.25) is 9.59 Å². The van der Waals surface area contributed by atoms with E-state index in [0.717, 1.165) is 0 Å². The molecule has 4 atom stereocenters. The van der Waals surface area contributed by atoms with Crippen molar-refractivity contribution in [3.05, 3.63) is 59.7 Å². The molecule has 2 aromatic carbocycles. The molecule has 2 aliphatic heterocycles. The van der Waals surface area contributed by atoms with Crippen molar-refractivity contribution < 1.29 is 29.3 Å². The maximum Gasteiger partial charge on any atom is 0.314 e. The second kappa shape index (κ2) is 5.26. The highest BCUT2D eigenvalue weighted by molar-refractivity contribution is 5.89. The van der Waals surface area contributed by atoms with Crippen molar-refractivity contribution in [1.82, 2.24) is 0 Å². The third kappa shape index (κ3) is 2.19. The molecule has 0 radical (unpaired) electrons. The van der Waals surface area contributed by atoms with Crippen molar-refractivity contribution in [1.29, 1.82) is 0 Å². The molecule has 2 saturated heterocycles. The van der Waals surface area contributed by atoms with Gasteiger partial charge in [0.1, 0.15) is 35.5 Å². The summed E-state index contributed by atoms with van der Waals surface area (Å²) in [7, 11) is 0. The molecule has 0 saturated carbocycles. The zero-order valence-electron chi connectivity index (χ0n) is 12.5. The number of phenols is 2. The van der Waals surface area contributed by atoms with Crippen molar-refractivity contribution in [3.63, 3.8) is 0 Å². The molecule has 2 N–H and O–H groups in total. The number of benzene rings is 2. The summed E-state index contributed by atoms with van der Waals surface area (Å²) in [5, 5.41) is 18.8. The van der Waals surface area contributed by atoms with Crippen molar-refractivity contribution in [2.75, 3.05) is 0 Å². The van der Waals surface area contributed by atoms with Gasteiger partial charge in [-0.15, -0.1) is 0 Å². The van der Waals surface area contributed by atoms with Gasteiger partial charge >= 0.3 is 11.9 Å². The number of hydrogen-bond acceptors (Lipinski definition) is 6. The predicted octanol–water partition coefficient (Wildman–Crippen LogP) is 2.23. The first-order chi connectivity index (χ1) is 11.5. The van der Waals surface area contributed by atoms with E-state index in [1.807, 2.05) is 0 Å². The fraction of sp³-hybridized carbons (Fsp3) is 0.222. The first-order valence-electron chi connectivity index (χ1n) is 7.53. The Labute approximate surface area is 137 Å². The summed E-state index contributed by atoms with van der Waals surface area (Å²) >= 11 is 0. The molecular weight excluding hydrogens is 312 g/mol. The molecule has 4 unspecified atom stereocenters. The molecule has 122 valence electrons.